The lowest BCUT2D eigenvalue weighted by atomic mass is 10.1. The molecule has 0 aliphatic heterocycles. The van der Waals surface area contributed by atoms with E-state index >= 15 is 0 Å². The molecule has 25 heavy (non-hydrogen) atoms. The topological polar surface area (TPSA) is 73.6 Å². The first-order valence-corrected chi connectivity index (χ1v) is 8.59. The molecular formula is C20H24N2O3. The maximum atomic E-state index is 12.1. The van der Waals surface area contributed by atoms with E-state index in [0.717, 1.165) is 30.6 Å². The lowest BCUT2D eigenvalue weighted by Crippen LogP contribution is -2.29. The SMILES string of the molecule is COc1ccccc1Oc1ccc(CNC(=O)C2CCC(N)C2)cc1. The van der Waals surface area contributed by atoms with E-state index in [1.54, 1.807) is 7.11 Å². The predicted octanol–water partition coefficient (Wildman–Crippen LogP) is 3.23. The summed E-state index contributed by atoms with van der Waals surface area (Å²) in [6, 6.07) is 15.4. The number of hydrogen-bond donors (Lipinski definition) is 2. The summed E-state index contributed by atoms with van der Waals surface area (Å²) in [7, 11) is 1.62. The van der Waals surface area contributed by atoms with Gasteiger partial charge in [-0.05, 0) is 49.1 Å². The van der Waals surface area contributed by atoms with Crippen molar-refractivity contribution in [2.75, 3.05) is 7.11 Å². The number of carbonyl (C=O) groups is 1. The van der Waals surface area contributed by atoms with E-state index in [1.165, 1.54) is 0 Å². The van der Waals surface area contributed by atoms with Gasteiger partial charge < -0.3 is 20.5 Å². The molecule has 0 heterocycles. The average Bonchev–Trinajstić information content (AvgIpc) is 3.08. The smallest absolute Gasteiger partial charge is 0.223 e. The molecule has 1 aliphatic carbocycles. The first kappa shape index (κ1) is 17.3. The number of carbonyl (C=O) groups excluding carboxylic acids is 1. The first-order chi connectivity index (χ1) is 12.2. The normalized spacial score (nSPS) is 19.4. The van der Waals surface area contributed by atoms with Crippen LogP contribution >= 0.6 is 0 Å². The number of para-hydroxylation sites is 2. The van der Waals surface area contributed by atoms with Crippen molar-refractivity contribution in [3.63, 3.8) is 0 Å². The van der Waals surface area contributed by atoms with Crippen molar-refractivity contribution in [2.45, 2.75) is 31.8 Å². The Bertz CT molecular complexity index is 715. The van der Waals surface area contributed by atoms with Gasteiger partial charge in [0.2, 0.25) is 5.91 Å². The highest BCUT2D eigenvalue weighted by Gasteiger charge is 2.27. The van der Waals surface area contributed by atoms with Crippen LogP contribution in [0, 0.1) is 5.92 Å². The number of benzene rings is 2. The molecule has 3 N–H and O–H groups in total. The van der Waals surface area contributed by atoms with E-state index in [4.69, 9.17) is 15.2 Å². The summed E-state index contributed by atoms with van der Waals surface area (Å²) in [5.74, 6) is 2.24. The molecule has 0 spiro atoms. The van der Waals surface area contributed by atoms with Crippen LogP contribution in [0.3, 0.4) is 0 Å². The van der Waals surface area contributed by atoms with Gasteiger partial charge in [-0.3, -0.25) is 4.79 Å². The standard InChI is InChI=1S/C20H24N2O3/c1-24-18-4-2-3-5-19(18)25-17-10-6-14(7-11-17)13-22-20(23)15-8-9-16(21)12-15/h2-7,10-11,15-16H,8-9,12-13,21H2,1H3,(H,22,23). The molecule has 3 rings (SSSR count). The first-order valence-electron chi connectivity index (χ1n) is 8.59. The highest BCUT2D eigenvalue weighted by molar-refractivity contribution is 5.79. The minimum atomic E-state index is 0.0585. The van der Waals surface area contributed by atoms with E-state index in [0.29, 0.717) is 18.0 Å². The van der Waals surface area contributed by atoms with Gasteiger partial charge in [-0.25, -0.2) is 0 Å². The number of hydrogen-bond acceptors (Lipinski definition) is 4. The average molecular weight is 340 g/mol. The fourth-order valence-corrected chi connectivity index (χ4v) is 3.09. The summed E-state index contributed by atoms with van der Waals surface area (Å²) in [4.78, 5) is 12.1. The van der Waals surface area contributed by atoms with Gasteiger partial charge in [-0.2, -0.15) is 0 Å². The Kier molecular flexibility index (Phi) is 5.56. The molecule has 2 unspecified atom stereocenters. The molecule has 0 aromatic heterocycles. The van der Waals surface area contributed by atoms with Gasteiger partial charge in [-0.15, -0.1) is 0 Å². The second kappa shape index (κ2) is 8.03. The van der Waals surface area contributed by atoms with E-state index < -0.39 is 0 Å². The molecule has 5 nitrogen and oxygen atoms in total. The van der Waals surface area contributed by atoms with Crippen LogP contribution < -0.4 is 20.5 Å². The molecule has 1 aliphatic rings. The monoisotopic (exact) mass is 340 g/mol. The van der Waals surface area contributed by atoms with Crippen LogP contribution in [-0.2, 0) is 11.3 Å². The van der Waals surface area contributed by atoms with Crippen molar-refractivity contribution >= 4 is 5.91 Å². The van der Waals surface area contributed by atoms with Crippen LogP contribution in [0.4, 0.5) is 0 Å². The molecule has 1 saturated carbocycles. The Labute approximate surface area is 148 Å². The number of rotatable bonds is 6. The lowest BCUT2D eigenvalue weighted by Gasteiger charge is -2.12. The minimum absolute atomic E-state index is 0.0585. The van der Waals surface area contributed by atoms with Crippen molar-refractivity contribution < 1.29 is 14.3 Å². The molecule has 5 heteroatoms. The molecule has 2 aromatic carbocycles. The maximum absolute atomic E-state index is 12.1. The van der Waals surface area contributed by atoms with Gasteiger partial charge in [0, 0.05) is 18.5 Å². The third-order valence-corrected chi connectivity index (χ3v) is 4.53. The largest absolute Gasteiger partial charge is 0.493 e. The van der Waals surface area contributed by atoms with Gasteiger partial charge in [0.25, 0.3) is 0 Å². The minimum Gasteiger partial charge on any atom is -0.493 e. The van der Waals surface area contributed by atoms with Crippen molar-refractivity contribution in [2.24, 2.45) is 11.7 Å². The van der Waals surface area contributed by atoms with Crippen LogP contribution in [0.25, 0.3) is 0 Å². The Balaban J connectivity index is 1.54. The van der Waals surface area contributed by atoms with Crippen LogP contribution in [-0.4, -0.2) is 19.1 Å². The third kappa shape index (κ3) is 4.51. The molecule has 2 aromatic rings. The quantitative estimate of drug-likeness (QED) is 0.847. The van der Waals surface area contributed by atoms with Crippen molar-refractivity contribution in [3.8, 4) is 17.2 Å². The summed E-state index contributed by atoms with van der Waals surface area (Å²) in [6.45, 7) is 0.513. The molecule has 132 valence electrons. The Hall–Kier alpha value is -2.53. The molecule has 0 radical (unpaired) electrons. The predicted molar refractivity (Wildman–Crippen MR) is 96.7 cm³/mol. The van der Waals surface area contributed by atoms with Crippen LogP contribution in [0.5, 0.6) is 17.2 Å². The highest BCUT2D eigenvalue weighted by atomic mass is 16.5. The fourth-order valence-electron chi connectivity index (χ4n) is 3.09. The Morgan fingerprint density at radius 1 is 1.12 bits per heavy atom. The Morgan fingerprint density at radius 3 is 2.48 bits per heavy atom. The molecule has 1 fully saturated rings. The summed E-state index contributed by atoms with van der Waals surface area (Å²) in [5, 5.41) is 2.99. The number of amides is 1. The number of nitrogens with two attached hydrogens (primary N) is 1. The van der Waals surface area contributed by atoms with E-state index in [9.17, 15) is 4.79 Å². The van der Waals surface area contributed by atoms with Gasteiger partial charge in [0.15, 0.2) is 11.5 Å². The van der Waals surface area contributed by atoms with Crippen LogP contribution in [0.2, 0.25) is 0 Å². The fraction of sp³-hybridized carbons (Fsp3) is 0.350. The van der Waals surface area contributed by atoms with Gasteiger partial charge in [-0.1, -0.05) is 24.3 Å². The molecule has 0 bridgehead atoms. The van der Waals surface area contributed by atoms with Crippen LogP contribution in [0.15, 0.2) is 48.5 Å². The van der Waals surface area contributed by atoms with Gasteiger partial charge in [0.1, 0.15) is 5.75 Å². The third-order valence-electron chi connectivity index (χ3n) is 4.53. The number of methoxy groups -OCH3 is 1. The summed E-state index contributed by atoms with van der Waals surface area (Å²) in [5.41, 5.74) is 6.90. The summed E-state index contributed by atoms with van der Waals surface area (Å²) >= 11 is 0. The molecule has 0 saturated heterocycles. The highest BCUT2D eigenvalue weighted by Crippen LogP contribution is 2.31. The molecule has 1 amide bonds. The lowest BCUT2D eigenvalue weighted by molar-refractivity contribution is -0.125. The van der Waals surface area contributed by atoms with Crippen LogP contribution in [0.1, 0.15) is 24.8 Å². The summed E-state index contributed by atoms with van der Waals surface area (Å²) < 4.78 is 11.1. The van der Waals surface area contributed by atoms with Crippen molar-refractivity contribution in [1.29, 1.82) is 0 Å². The number of nitrogens with one attached hydrogen (secondary N) is 1. The van der Waals surface area contributed by atoms with E-state index in [2.05, 4.69) is 5.32 Å². The second-order valence-electron chi connectivity index (χ2n) is 6.38. The zero-order valence-electron chi connectivity index (χ0n) is 14.4. The maximum Gasteiger partial charge on any atom is 0.223 e. The van der Waals surface area contributed by atoms with Gasteiger partial charge in [0.05, 0.1) is 7.11 Å². The molecule has 2 atom stereocenters. The zero-order valence-corrected chi connectivity index (χ0v) is 14.4. The number of ether oxygens (including phenoxy) is 2. The second-order valence-corrected chi connectivity index (χ2v) is 6.38. The molecular weight excluding hydrogens is 316 g/mol. The van der Waals surface area contributed by atoms with E-state index in [1.807, 2.05) is 48.5 Å². The zero-order chi connectivity index (χ0) is 17.6. The van der Waals surface area contributed by atoms with Gasteiger partial charge >= 0.3 is 0 Å². The van der Waals surface area contributed by atoms with Crippen molar-refractivity contribution in [1.82, 2.24) is 5.32 Å². The van der Waals surface area contributed by atoms with Crippen molar-refractivity contribution in [3.05, 3.63) is 54.1 Å². The summed E-state index contributed by atoms with van der Waals surface area (Å²) in [6.07, 6.45) is 2.61. The van der Waals surface area contributed by atoms with E-state index in [-0.39, 0.29) is 17.9 Å². The Morgan fingerprint density at radius 2 is 1.84 bits per heavy atom.